The fourth-order valence-corrected chi connectivity index (χ4v) is 1.58. The van der Waals surface area contributed by atoms with Crippen molar-refractivity contribution in [2.24, 2.45) is 0 Å². The van der Waals surface area contributed by atoms with E-state index >= 15 is 0 Å². The van der Waals surface area contributed by atoms with Gasteiger partial charge in [-0.3, -0.25) is 0 Å². The Kier molecular flexibility index (Phi) is 4.24. The van der Waals surface area contributed by atoms with Crippen molar-refractivity contribution in [2.75, 3.05) is 7.11 Å². The lowest BCUT2D eigenvalue weighted by atomic mass is 9.93. The van der Waals surface area contributed by atoms with Crippen LogP contribution in [0.5, 0.6) is 0 Å². The highest BCUT2D eigenvalue weighted by atomic mass is 16.5. The number of rotatable bonds is 5. The fourth-order valence-electron chi connectivity index (χ4n) is 1.58. The highest BCUT2D eigenvalue weighted by Gasteiger charge is 2.10. The Morgan fingerprint density at radius 1 is 1.36 bits per heavy atom. The molecule has 14 heavy (non-hydrogen) atoms. The molecule has 0 bridgehead atoms. The van der Waals surface area contributed by atoms with Crippen molar-refractivity contribution in [2.45, 2.75) is 25.7 Å². The first kappa shape index (κ1) is 10.8. The number of benzene rings is 1. The molecule has 0 fully saturated rings. The van der Waals surface area contributed by atoms with Crippen molar-refractivity contribution in [3.63, 3.8) is 0 Å². The molecule has 0 amide bonds. The first-order valence-corrected chi connectivity index (χ1v) is 5.04. The van der Waals surface area contributed by atoms with Crippen LogP contribution < -0.4 is 0 Å². The third-order valence-electron chi connectivity index (χ3n) is 2.53. The number of hydrogen-bond donors (Lipinski definition) is 0. The minimum Gasteiger partial charge on any atom is -0.502 e. The predicted molar refractivity (Wildman–Crippen MR) is 60.2 cm³/mol. The lowest BCUT2D eigenvalue weighted by Crippen LogP contribution is -1.99. The summed E-state index contributed by atoms with van der Waals surface area (Å²) in [5.41, 5.74) is 1.37. The van der Waals surface area contributed by atoms with Crippen molar-refractivity contribution in [3.05, 3.63) is 48.2 Å². The maximum Gasteiger partial charge on any atom is 0.0890 e. The molecule has 1 aromatic rings. The Bertz CT molecular complexity index is 277. The van der Waals surface area contributed by atoms with E-state index in [-0.39, 0.29) is 0 Å². The van der Waals surface area contributed by atoms with E-state index in [2.05, 4.69) is 37.8 Å². The summed E-state index contributed by atoms with van der Waals surface area (Å²) >= 11 is 0. The van der Waals surface area contributed by atoms with Crippen molar-refractivity contribution in [3.8, 4) is 0 Å². The molecule has 0 aliphatic rings. The lowest BCUT2D eigenvalue weighted by molar-refractivity contribution is 0.271. The number of allylic oxidation sites excluding steroid dienone is 1. The second-order valence-corrected chi connectivity index (χ2v) is 3.46. The van der Waals surface area contributed by atoms with E-state index in [1.807, 2.05) is 6.07 Å². The van der Waals surface area contributed by atoms with Crippen molar-refractivity contribution < 1.29 is 4.74 Å². The summed E-state index contributed by atoms with van der Waals surface area (Å²) in [7, 11) is 1.68. The van der Waals surface area contributed by atoms with Gasteiger partial charge in [0.15, 0.2) is 0 Å². The molecule has 1 atom stereocenters. The smallest absolute Gasteiger partial charge is 0.0890 e. The molecule has 0 aromatic heterocycles. The number of methoxy groups -OCH3 is 1. The molecule has 0 heterocycles. The van der Waals surface area contributed by atoms with Crippen molar-refractivity contribution >= 4 is 0 Å². The van der Waals surface area contributed by atoms with Gasteiger partial charge < -0.3 is 4.74 Å². The summed E-state index contributed by atoms with van der Waals surface area (Å²) in [6, 6.07) is 10.5. The van der Waals surface area contributed by atoms with Gasteiger partial charge in [-0.2, -0.15) is 0 Å². The summed E-state index contributed by atoms with van der Waals surface area (Å²) in [6.07, 6.45) is 2.03. The first-order chi connectivity index (χ1) is 6.77. The van der Waals surface area contributed by atoms with Crippen LogP contribution in [0, 0.1) is 0 Å². The molecule has 0 aliphatic carbocycles. The van der Waals surface area contributed by atoms with Gasteiger partial charge in [-0.25, -0.2) is 0 Å². The summed E-state index contributed by atoms with van der Waals surface area (Å²) in [5.74, 6) is 1.39. The zero-order valence-electron chi connectivity index (χ0n) is 8.99. The Morgan fingerprint density at radius 3 is 2.50 bits per heavy atom. The van der Waals surface area contributed by atoms with Crippen LogP contribution >= 0.6 is 0 Å². The highest BCUT2D eigenvalue weighted by Crippen LogP contribution is 2.25. The summed E-state index contributed by atoms with van der Waals surface area (Å²) in [6.45, 7) is 6.06. The molecule has 1 nitrogen and oxygen atoms in total. The number of ether oxygens (including phenoxy) is 1. The monoisotopic (exact) mass is 190 g/mol. The largest absolute Gasteiger partial charge is 0.502 e. The lowest BCUT2D eigenvalue weighted by Gasteiger charge is -2.15. The maximum absolute atomic E-state index is 5.11. The van der Waals surface area contributed by atoms with E-state index in [1.54, 1.807) is 7.11 Å². The molecule has 1 heteroatoms. The molecule has 76 valence electrons. The van der Waals surface area contributed by atoms with E-state index < -0.39 is 0 Å². The van der Waals surface area contributed by atoms with Gasteiger partial charge in [0.1, 0.15) is 0 Å². The van der Waals surface area contributed by atoms with Gasteiger partial charge in [0.25, 0.3) is 0 Å². The molecule has 0 aliphatic heterocycles. The highest BCUT2D eigenvalue weighted by molar-refractivity contribution is 5.20. The van der Waals surface area contributed by atoms with Crippen LogP contribution in [0.25, 0.3) is 0 Å². The van der Waals surface area contributed by atoms with Crippen LogP contribution in [0.15, 0.2) is 42.7 Å². The average molecular weight is 190 g/mol. The van der Waals surface area contributed by atoms with E-state index in [0.717, 1.165) is 18.6 Å². The van der Waals surface area contributed by atoms with Gasteiger partial charge in [0, 0.05) is 6.42 Å². The van der Waals surface area contributed by atoms with Crippen LogP contribution in [-0.4, -0.2) is 7.11 Å². The van der Waals surface area contributed by atoms with Gasteiger partial charge in [-0.15, -0.1) is 0 Å². The SMILES string of the molecule is C=C(CC(CC)c1ccccc1)OC. The molecule has 1 aromatic carbocycles. The molecule has 0 radical (unpaired) electrons. The molecule has 0 saturated heterocycles. The van der Waals surface area contributed by atoms with Gasteiger partial charge in [-0.05, 0) is 17.9 Å². The molecule has 0 N–H and O–H groups in total. The standard InChI is InChI=1S/C13H18O/c1-4-12(10-11(2)14-3)13-8-6-5-7-9-13/h5-9,12H,2,4,10H2,1,3H3. The van der Waals surface area contributed by atoms with Crippen LogP contribution in [-0.2, 0) is 4.74 Å². The second-order valence-electron chi connectivity index (χ2n) is 3.46. The van der Waals surface area contributed by atoms with Crippen LogP contribution in [0.2, 0.25) is 0 Å². The maximum atomic E-state index is 5.11. The minimum atomic E-state index is 0.531. The van der Waals surface area contributed by atoms with Gasteiger partial charge >= 0.3 is 0 Å². The summed E-state index contributed by atoms with van der Waals surface area (Å²) < 4.78 is 5.11. The van der Waals surface area contributed by atoms with E-state index in [0.29, 0.717) is 5.92 Å². The quantitative estimate of drug-likeness (QED) is 0.643. The molecule has 1 unspecified atom stereocenters. The average Bonchev–Trinajstić information content (AvgIpc) is 2.26. The van der Waals surface area contributed by atoms with Gasteiger partial charge in [0.2, 0.25) is 0 Å². The number of hydrogen-bond acceptors (Lipinski definition) is 1. The summed E-state index contributed by atoms with van der Waals surface area (Å²) in [4.78, 5) is 0. The summed E-state index contributed by atoms with van der Waals surface area (Å²) in [5, 5.41) is 0. The van der Waals surface area contributed by atoms with E-state index in [4.69, 9.17) is 4.74 Å². The topological polar surface area (TPSA) is 9.23 Å². The first-order valence-electron chi connectivity index (χ1n) is 5.04. The Morgan fingerprint density at radius 2 is 2.00 bits per heavy atom. The van der Waals surface area contributed by atoms with Crippen LogP contribution in [0.4, 0.5) is 0 Å². The normalized spacial score (nSPS) is 12.1. The Labute approximate surface area is 86.4 Å². The third-order valence-corrected chi connectivity index (χ3v) is 2.53. The molecule has 0 spiro atoms. The third kappa shape index (κ3) is 2.91. The second kappa shape index (κ2) is 5.48. The van der Waals surface area contributed by atoms with Gasteiger partial charge in [0.05, 0.1) is 12.9 Å². The Hall–Kier alpha value is -1.24. The Balaban J connectivity index is 2.68. The van der Waals surface area contributed by atoms with Crippen LogP contribution in [0.1, 0.15) is 31.2 Å². The fraction of sp³-hybridized carbons (Fsp3) is 0.385. The van der Waals surface area contributed by atoms with Crippen LogP contribution in [0.3, 0.4) is 0 Å². The zero-order valence-corrected chi connectivity index (χ0v) is 8.99. The van der Waals surface area contributed by atoms with Crippen molar-refractivity contribution in [1.29, 1.82) is 0 Å². The molecule has 1 rings (SSSR count). The zero-order chi connectivity index (χ0) is 10.4. The predicted octanol–water partition coefficient (Wildman–Crippen LogP) is 3.73. The van der Waals surface area contributed by atoms with Gasteiger partial charge in [-0.1, -0.05) is 43.8 Å². The van der Waals surface area contributed by atoms with E-state index in [1.165, 1.54) is 5.56 Å². The van der Waals surface area contributed by atoms with E-state index in [9.17, 15) is 0 Å². The molecular formula is C13H18O. The molecule has 0 saturated carbocycles. The molecular weight excluding hydrogens is 172 g/mol. The van der Waals surface area contributed by atoms with Crippen molar-refractivity contribution in [1.82, 2.24) is 0 Å². The minimum absolute atomic E-state index is 0.531.